The fraction of sp³-hybridized carbons (Fsp3) is 1.00. The van der Waals surface area contributed by atoms with Crippen molar-refractivity contribution in [3.63, 3.8) is 0 Å². The van der Waals surface area contributed by atoms with Crippen LogP contribution < -0.4 is 0 Å². The van der Waals surface area contributed by atoms with Gasteiger partial charge in [-0.05, 0) is 30.6 Å². The molecule has 4 nitrogen and oxygen atoms in total. The first kappa shape index (κ1) is 13.2. The van der Waals surface area contributed by atoms with Crippen LogP contribution >= 0.6 is 7.82 Å². The molecule has 0 bridgehead atoms. The van der Waals surface area contributed by atoms with Gasteiger partial charge in [0.15, 0.2) is 0 Å². The molecular weight excluding hydrogens is 215 g/mol. The van der Waals surface area contributed by atoms with Crippen LogP contribution in [0.2, 0.25) is 0 Å². The maximum atomic E-state index is 10.8. The Kier molecular flexibility index (Phi) is 4.36. The van der Waals surface area contributed by atoms with Gasteiger partial charge in [-0.1, -0.05) is 27.2 Å². The van der Waals surface area contributed by atoms with Gasteiger partial charge in [-0.2, -0.15) is 0 Å². The third-order valence-corrected chi connectivity index (χ3v) is 3.78. The fourth-order valence-electron chi connectivity index (χ4n) is 2.41. The molecule has 1 fully saturated rings. The van der Waals surface area contributed by atoms with E-state index in [1.165, 1.54) is 0 Å². The molecule has 90 valence electrons. The van der Waals surface area contributed by atoms with Crippen LogP contribution in [-0.2, 0) is 9.09 Å². The second-order valence-electron chi connectivity index (χ2n) is 4.96. The van der Waals surface area contributed by atoms with Crippen LogP contribution in [0.3, 0.4) is 0 Å². The summed E-state index contributed by atoms with van der Waals surface area (Å²) in [5.41, 5.74) is 0. The van der Waals surface area contributed by atoms with Crippen molar-refractivity contribution in [3.8, 4) is 0 Å². The SMILES string of the molecule is CC1CCC(C(C)C)C(OP(=O)(O)O)C1. The summed E-state index contributed by atoms with van der Waals surface area (Å²) in [5, 5.41) is 0. The fourth-order valence-corrected chi connectivity index (χ4v) is 3.01. The maximum Gasteiger partial charge on any atom is 0.469 e. The largest absolute Gasteiger partial charge is 0.469 e. The Bertz CT molecular complexity index is 248. The lowest BCUT2D eigenvalue weighted by atomic mass is 9.75. The third-order valence-electron chi connectivity index (χ3n) is 3.23. The summed E-state index contributed by atoms with van der Waals surface area (Å²) >= 11 is 0. The molecule has 1 rings (SSSR count). The summed E-state index contributed by atoms with van der Waals surface area (Å²) in [6.07, 6.45) is 2.61. The van der Waals surface area contributed by atoms with Crippen molar-refractivity contribution < 1.29 is 18.9 Å². The van der Waals surface area contributed by atoms with Crippen LogP contribution in [0, 0.1) is 17.8 Å². The van der Waals surface area contributed by atoms with E-state index in [4.69, 9.17) is 14.3 Å². The summed E-state index contributed by atoms with van der Waals surface area (Å²) in [6.45, 7) is 6.26. The van der Waals surface area contributed by atoms with E-state index in [0.29, 0.717) is 11.8 Å². The number of rotatable bonds is 3. The molecule has 1 aliphatic carbocycles. The van der Waals surface area contributed by atoms with Crippen LogP contribution in [0.15, 0.2) is 0 Å². The van der Waals surface area contributed by atoms with Gasteiger partial charge in [0, 0.05) is 0 Å². The van der Waals surface area contributed by atoms with E-state index >= 15 is 0 Å². The molecule has 0 aromatic carbocycles. The molecule has 0 aliphatic heterocycles. The van der Waals surface area contributed by atoms with Crippen molar-refractivity contribution in [2.45, 2.75) is 46.1 Å². The highest BCUT2D eigenvalue weighted by Crippen LogP contribution is 2.45. The van der Waals surface area contributed by atoms with Crippen molar-refractivity contribution in [1.82, 2.24) is 0 Å². The quantitative estimate of drug-likeness (QED) is 0.739. The summed E-state index contributed by atoms with van der Waals surface area (Å²) in [6, 6.07) is 0. The van der Waals surface area contributed by atoms with Gasteiger partial charge in [0.2, 0.25) is 0 Å². The lowest BCUT2D eigenvalue weighted by molar-refractivity contribution is 0.0230. The molecule has 0 radical (unpaired) electrons. The Morgan fingerprint density at radius 1 is 1.33 bits per heavy atom. The minimum Gasteiger partial charge on any atom is -0.303 e. The first-order chi connectivity index (χ1) is 6.79. The molecule has 0 heterocycles. The van der Waals surface area contributed by atoms with Gasteiger partial charge in [-0.3, -0.25) is 4.52 Å². The van der Waals surface area contributed by atoms with Gasteiger partial charge in [0.05, 0.1) is 6.10 Å². The molecule has 0 amide bonds. The Hall–Kier alpha value is 0.110. The third kappa shape index (κ3) is 4.23. The predicted octanol–water partition coefficient (Wildman–Crippen LogP) is 2.56. The van der Waals surface area contributed by atoms with Crippen molar-refractivity contribution in [2.75, 3.05) is 0 Å². The second-order valence-corrected chi connectivity index (χ2v) is 6.15. The average molecular weight is 236 g/mol. The van der Waals surface area contributed by atoms with Gasteiger partial charge < -0.3 is 9.79 Å². The monoisotopic (exact) mass is 236 g/mol. The molecular formula is C10H21O4P. The summed E-state index contributed by atoms with van der Waals surface area (Å²) in [5.74, 6) is 1.18. The minimum atomic E-state index is -4.34. The lowest BCUT2D eigenvalue weighted by Crippen LogP contribution is -2.33. The van der Waals surface area contributed by atoms with E-state index in [2.05, 4.69) is 20.8 Å². The first-order valence-corrected chi connectivity index (χ1v) is 7.06. The topological polar surface area (TPSA) is 66.8 Å². The normalized spacial score (nSPS) is 33.3. The molecule has 0 aromatic heterocycles. The lowest BCUT2D eigenvalue weighted by Gasteiger charge is -2.36. The number of hydrogen-bond donors (Lipinski definition) is 2. The van der Waals surface area contributed by atoms with Crippen LogP contribution in [-0.4, -0.2) is 15.9 Å². The highest BCUT2D eigenvalue weighted by Gasteiger charge is 2.35. The Morgan fingerprint density at radius 2 is 1.93 bits per heavy atom. The smallest absolute Gasteiger partial charge is 0.303 e. The predicted molar refractivity (Wildman–Crippen MR) is 58.3 cm³/mol. The highest BCUT2D eigenvalue weighted by molar-refractivity contribution is 7.46. The van der Waals surface area contributed by atoms with E-state index in [1.54, 1.807) is 0 Å². The molecule has 0 aromatic rings. The van der Waals surface area contributed by atoms with E-state index in [0.717, 1.165) is 19.3 Å². The zero-order valence-corrected chi connectivity index (χ0v) is 10.5. The number of phosphoric ester groups is 1. The van der Waals surface area contributed by atoms with Gasteiger partial charge >= 0.3 is 7.82 Å². The molecule has 1 saturated carbocycles. The molecule has 3 atom stereocenters. The maximum absolute atomic E-state index is 10.8. The number of hydrogen-bond acceptors (Lipinski definition) is 2. The average Bonchev–Trinajstić information content (AvgIpc) is 1.99. The Labute approximate surface area is 91.3 Å². The van der Waals surface area contributed by atoms with Gasteiger partial charge in [0.1, 0.15) is 0 Å². The van der Waals surface area contributed by atoms with Crippen molar-refractivity contribution >= 4 is 7.82 Å². The van der Waals surface area contributed by atoms with Crippen molar-refractivity contribution in [1.29, 1.82) is 0 Å². The number of phosphoric acid groups is 1. The molecule has 5 heteroatoms. The molecule has 0 saturated heterocycles. The molecule has 0 spiro atoms. The van der Waals surface area contributed by atoms with Crippen molar-refractivity contribution in [3.05, 3.63) is 0 Å². The minimum absolute atomic E-state index is 0.272. The van der Waals surface area contributed by atoms with Crippen molar-refractivity contribution in [2.24, 2.45) is 17.8 Å². The van der Waals surface area contributed by atoms with Crippen LogP contribution in [0.25, 0.3) is 0 Å². The summed E-state index contributed by atoms with van der Waals surface area (Å²) in [4.78, 5) is 17.7. The van der Waals surface area contributed by atoms with Gasteiger partial charge in [0.25, 0.3) is 0 Å². The Balaban J connectivity index is 2.66. The van der Waals surface area contributed by atoms with E-state index in [9.17, 15) is 4.57 Å². The first-order valence-electron chi connectivity index (χ1n) is 5.53. The van der Waals surface area contributed by atoms with Crippen LogP contribution in [0.4, 0.5) is 0 Å². The molecule has 1 aliphatic rings. The van der Waals surface area contributed by atoms with Crippen LogP contribution in [0.1, 0.15) is 40.0 Å². The standard InChI is InChI=1S/C10H21O4P/c1-7(2)9-5-4-8(3)6-10(9)14-15(11,12)13/h7-10H,4-6H2,1-3H3,(H2,11,12,13). The zero-order valence-electron chi connectivity index (χ0n) is 9.59. The highest BCUT2D eigenvalue weighted by atomic mass is 31.2. The van der Waals surface area contributed by atoms with Gasteiger partial charge in [-0.15, -0.1) is 0 Å². The van der Waals surface area contributed by atoms with Gasteiger partial charge in [-0.25, -0.2) is 4.57 Å². The van der Waals surface area contributed by atoms with Crippen LogP contribution in [0.5, 0.6) is 0 Å². The summed E-state index contributed by atoms with van der Waals surface area (Å²) < 4.78 is 15.7. The van der Waals surface area contributed by atoms with E-state index < -0.39 is 7.82 Å². The molecule has 15 heavy (non-hydrogen) atoms. The zero-order chi connectivity index (χ0) is 11.6. The molecule has 2 N–H and O–H groups in total. The van der Waals surface area contributed by atoms with E-state index in [1.807, 2.05) is 0 Å². The molecule has 3 unspecified atom stereocenters. The van der Waals surface area contributed by atoms with E-state index in [-0.39, 0.29) is 12.0 Å². The Morgan fingerprint density at radius 3 is 2.40 bits per heavy atom. The summed E-state index contributed by atoms with van der Waals surface area (Å²) in [7, 11) is -4.34. The second kappa shape index (κ2) is 4.96.